The predicted octanol–water partition coefficient (Wildman–Crippen LogP) is 0.777. The summed E-state index contributed by atoms with van der Waals surface area (Å²) in [6.07, 6.45) is 3.10. The molecule has 0 atom stereocenters. The van der Waals surface area contributed by atoms with Crippen molar-refractivity contribution in [3.63, 3.8) is 0 Å². The molecule has 0 spiro atoms. The number of hydrogen-bond acceptors (Lipinski definition) is 3. The average molecular weight is 218 g/mol. The Balaban J connectivity index is 2.43. The van der Waals surface area contributed by atoms with E-state index in [0.29, 0.717) is 0 Å². The van der Waals surface area contributed by atoms with Gasteiger partial charge in [-0.25, -0.2) is 10.2 Å². The number of carboxylic acids is 1. The lowest BCUT2D eigenvalue weighted by atomic mass is 10.2. The van der Waals surface area contributed by atoms with Crippen molar-refractivity contribution in [3.05, 3.63) is 48.0 Å². The molecule has 2 N–H and O–H groups in total. The van der Waals surface area contributed by atoms with Crippen LogP contribution in [0.15, 0.2) is 47.6 Å². The first kappa shape index (κ1) is 11.6. The van der Waals surface area contributed by atoms with Crippen molar-refractivity contribution < 1.29 is 14.7 Å². The van der Waals surface area contributed by atoms with E-state index in [9.17, 15) is 9.59 Å². The Labute approximate surface area is 92.1 Å². The summed E-state index contributed by atoms with van der Waals surface area (Å²) in [4.78, 5) is 21.1. The van der Waals surface area contributed by atoms with Gasteiger partial charge in [0.25, 0.3) is 5.91 Å². The summed E-state index contributed by atoms with van der Waals surface area (Å²) in [7, 11) is 0. The zero-order chi connectivity index (χ0) is 11.8. The molecular formula is C11H10N2O3. The van der Waals surface area contributed by atoms with Gasteiger partial charge in [0.1, 0.15) is 0 Å². The highest BCUT2D eigenvalue weighted by Gasteiger charge is 1.93. The van der Waals surface area contributed by atoms with Crippen LogP contribution in [0.4, 0.5) is 0 Å². The maximum absolute atomic E-state index is 11.0. The highest BCUT2D eigenvalue weighted by atomic mass is 16.4. The minimum Gasteiger partial charge on any atom is -0.478 e. The second-order valence-corrected chi connectivity index (χ2v) is 2.82. The van der Waals surface area contributed by atoms with Gasteiger partial charge < -0.3 is 5.11 Å². The molecule has 0 radical (unpaired) electrons. The largest absolute Gasteiger partial charge is 0.478 e. The van der Waals surface area contributed by atoms with Crippen LogP contribution in [-0.4, -0.2) is 23.2 Å². The van der Waals surface area contributed by atoms with Gasteiger partial charge in [-0.15, -0.1) is 0 Å². The van der Waals surface area contributed by atoms with E-state index in [2.05, 4.69) is 10.5 Å². The van der Waals surface area contributed by atoms with Crippen molar-refractivity contribution in [2.75, 3.05) is 0 Å². The number of nitrogens with zero attached hydrogens (tertiary/aromatic N) is 1. The molecule has 5 heteroatoms. The first-order chi connectivity index (χ1) is 7.68. The summed E-state index contributed by atoms with van der Waals surface area (Å²) in [5.41, 5.74) is 3.00. The third-order valence-electron chi connectivity index (χ3n) is 1.57. The number of hydrogen-bond donors (Lipinski definition) is 2. The van der Waals surface area contributed by atoms with Gasteiger partial charge in [-0.05, 0) is 5.56 Å². The number of benzene rings is 1. The lowest BCUT2D eigenvalue weighted by Crippen LogP contribution is -2.14. The van der Waals surface area contributed by atoms with Crippen LogP contribution in [0.1, 0.15) is 5.56 Å². The van der Waals surface area contributed by atoms with E-state index < -0.39 is 11.9 Å². The molecule has 0 aliphatic rings. The normalized spacial score (nSPS) is 10.8. The number of carbonyl (C=O) groups excluding carboxylic acids is 1. The van der Waals surface area contributed by atoms with E-state index in [1.165, 1.54) is 6.21 Å². The molecule has 0 saturated heterocycles. The highest BCUT2D eigenvalue weighted by molar-refractivity contribution is 5.94. The molecule has 16 heavy (non-hydrogen) atoms. The number of rotatable bonds is 4. The molecular weight excluding hydrogens is 208 g/mol. The van der Waals surface area contributed by atoms with Gasteiger partial charge in [-0.2, -0.15) is 5.10 Å². The zero-order valence-electron chi connectivity index (χ0n) is 8.33. The molecule has 0 aliphatic heterocycles. The summed E-state index contributed by atoms with van der Waals surface area (Å²) >= 11 is 0. The van der Waals surface area contributed by atoms with Crippen molar-refractivity contribution in [3.8, 4) is 0 Å². The Morgan fingerprint density at radius 3 is 2.50 bits per heavy atom. The maximum atomic E-state index is 11.0. The van der Waals surface area contributed by atoms with E-state index in [0.717, 1.165) is 17.7 Å². The van der Waals surface area contributed by atoms with Crippen LogP contribution >= 0.6 is 0 Å². The molecule has 1 amide bonds. The first-order valence-electron chi connectivity index (χ1n) is 4.47. The van der Waals surface area contributed by atoms with E-state index in [1.807, 2.05) is 30.3 Å². The second-order valence-electron chi connectivity index (χ2n) is 2.82. The number of carbonyl (C=O) groups is 2. The van der Waals surface area contributed by atoms with Gasteiger partial charge in [0.2, 0.25) is 0 Å². The van der Waals surface area contributed by atoms with Crippen molar-refractivity contribution >= 4 is 18.1 Å². The average Bonchev–Trinajstić information content (AvgIpc) is 2.28. The van der Waals surface area contributed by atoms with Crippen LogP contribution in [0.2, 0.25) is 0 Å². The number of amides is 1. The van der Waals surface area contributed by atoms with Gasteiger partial charge in [0, 0.05) is 12.2 Å². The lowest BCUT2D eigenvalue weighted by molar-refractivity contribution is -0.131. The van der Waals surface area contributed by atoms with Gasteiger partial charge >= 0.3 is 5.97 Å². The van der Waals surface area contributed by atoms with E-state index in [-0.39, 0.29) is 0 Å². The number of aliphatic carboxylic acids is 1. The third-order valence-corrected chi connectivity index (χ3v) is 1.57. The molecule has 82 valence electrons. The van der Waals surface area contributed by atoms with Crippen molar-refractivity contribution in [1.29, 1.82) is 0 Å². The quantitative estimate of drug-likeness (QED) is 0.445. The fourth-order valence-corrected chi connectivity index (χ4v) is 0.894. The fraction of sp³-hybridized carbons (Fsp3) is 0. The van der Waals surface area contributed by atoms with Gasteiger partial charge in [0.05, 0.1) is 6.21 Å². The smallest absolute Gasteiger partial charge is 0.328 e. The molecule has 0 aliphatic carbocycles. The third kappa shape index (κ3) is 4.71. The Morgan fingerprint density at radius 1 is 1.19 bits per heavy atom. The van der Waals surface area contributed by atoms with Gasteiger partial charge in [0.15, 0.2) is 0 Å². The maximum Gasteiger partial charge on any atom is 0.328 e. The molecule has 0 bridgehead atoms. The van der Waals surface area contributed by atoms with Crippen LogP contribution in [-0.2, 0) is 9.59 Å². The molecule has 1 rings (SSSR count). The molecule has 0 aromatic heterocycles. The molecule has 0 fully saturated rings. The standard InChI is InChI=1S/C11H10N2O3/c14-10(6-7-11(15)16)13-12-8-9-4-2-1-3-5-9/h1-8H,(H,13,14)(H,15,16). The van der Waals surface area contributed by atoms with Gasteiger partial charge in [-0.1, -0.05) is 30.3 Å². The van der Waals surface area contributed by atoms with E-state index in [1.54, 1.807) is 0 Å². The topological polar surface area (TPSA) is 78.8 Å². The van der Waals surface area contributed by atoms with Crippen molar-refractivity contribution in [1.82, 2.24) is 5.43 Å². The monoisotopic (exact) mass is 218 g/mol. The van der Waals surface area contributed by atoms with Gasteiger partial charge in [-0.3, -0.25) is 4.79 Å². The number of carboxylic acid groups (broad SMARTS) is 1. The second kappa shape index (κ2) is 6.13. The van der Waals surface area contributed by atoms with Crippen LogP contribution < -0.4 is 5.43 Å². The first-order valence-corrected chi connectivity index (χ1v) is 4.47. The molecule has 1 aromatic carbocycles. The Bertz CT molecular complexity index is 424. The summed E-state index contributed by atoms with van der Waals surface area (Å²) in [5.74, 6) is -1.77. The minimum absolute atomic E-state index is 0.588. The van der Waals surface area contributed by atoms with Crippen molar-refractivity contribution in [2.24, 2.45) is 5.10 Å². The molecule has 0 heterocycles. The van der Waals surface area contributed by atoms with Crippen LogP contribution in [0.3, 0.4) is 0 Å². The lowest BCUT2D eigenvalue weighted by Gasteiger charge is -1.92. The zero-order valence-corrected chi connectivity index (χ0v) is 8.33. The molecule has 0 unspecified atom stereocenters. The molecule has 5 nitrogen and oxygen atoms in total. The van der Waals surface area contributed by atoms with E-state index >= 15 is 0 Å². The Hall–Kier alpha value is -2.43. The minimum atomic E-state index is -1.18. The summed E-state index contributed by atoms with van der Waals surface area (Å²) in [5, 5.41) is 11.9. The summed E-state index contributed by atoms with van der Waals surface area (Å²) in [6, 6.07) is 9.19. The Morgan fingerprint density at radius 2 is 1.88 bits per heavy atom. The van der Waals surface area contributed by atoms with Crippen LogP contribution in [0, 0.1) is 0 Å². The number of nitrogens with one attached hydrogen (secondary N) is 1. The fourth-order valence-electron chi connectivity index (χ4n) is 0.894. The van der Waals surface area contributed by atoms with Crippen LogP contribution in [0.5, 0.6) is 0 Å². The van der Waals surface area contributed by atoms with Crippen molar-refractivity contribution in [2.45, 2.75) is 0 Å². The predicted molar refractivity (Wildman–Crippen MR) is 59.0 cm³/mol. The van der Waals surface area contributed by atoms with E-state index in [4.69, 9.17) is 5.11 Å². The van der Waals surface area contributed by atoms with Crippen LogP contribution in [0.25, 0.3) is 0 Å². The highest BCUT2D eigenvalue weighted by Crippen LogP contribution is 1.92. The SMILES string of the molecule is O=C(O)C=CC(=O)NN=Cc1ccccc1. The summed E-state index contributed by atoms with van der Waals surface area (Å²) < 4.78 is 0. The molecule has 1 aromatic rings. The Kier molecular flexibility index (Phi) is 4.46. The molecule has 0 saturated carbocycles. The summed E-state index contributed by atoms with van der Waals surface area (Å²) in [6.45, 7) is 0. The number of hydrazone groups is 1.